The van der Waals surface area contributed by atoms with Gasteiger partial charge in [-0.25, -0.2) is 0 Å². The highest BCUT2D eigenvalue weighted by molar-refractivity contribution is 4.48. The summed E-state index contributed by atoms with van der Waals surface area (Å²) in [6.07, 6.45) is 18.3. The molecule has 0 unspecified atom stereocenters. The monoisotopic (exact) mass is 229 g/mol. The highest BCUT2D eigenvalue weighted by Gasteiger charge is 1.92. The zero-order valence-electron chi connectivity index (χ0n) is 11.4. The van der Waals surface area contributed by atoms with Gasteiger partial charge in [0, 0.05) is 0 Å². The molecule has 0 atom stereocenters. The van der Waals surface area contributed by atoms with Crippen LogP contribution >= 0.6 is 0 Å². The van der Waals surface area contributed by atoms with Gasteiger partial charge in [-0.05, 0) is 0 Å². The van der Waals surface area contributed by atoms with E-state index in [1.165, 1.54) is 77.0 Å². The zero-order chi connectivity index (χ0) is 11.2. The summed E-state index contributed by atoms with van der Waals surface area (Å²) in [5.74, 6) is 0. The molecule has 99 valence electrons. The van der Waals surface area contributed by atoms with Gasteiger partial charge in [0.15, 0.2) is 0 Å². The molecule has 0 spiro atoms. The molecule has 2 N–H and O–H groups in total. The highest BCUT2D eigenvalue weighted by Crippen LogP contribution is 2.12. The van der Waals surface area contributed by atoms with Crippen molar-refractivity contribution in [1.82, 2.24) is 0 Å². The smallest absolute Gasteiger partial charge is 0.0533 e. The summed E-state index contributed by atoms with van der Waals surface area (Å²) in [7, 11) is 0. The molecule has 1 heteroatoms. The van der Waals surface area contributed by atoms with Gasteiger partial charge in [-0.3, -0.25) is 0 Å². The van der Waals surface area contributed by atoms with Crippen molar-refractivity contribution in [3.05, 3.63) is 6.92 Å². The molecule has 0 fully saturated rings. The fourth-order valence-corrected chi connectivity index (χ4v) is 2.02. The summed E-state index contributed by atoms with van der Waals surface area (Å²) in [6, 6.07) is 0. The average Bonchev–Trinajstić information content (AvgIpc) is 2.26. The summed E-state index contributed by atoms with van der Waals surface area (Å²) in [6.45, 7) is 6.15. The minimum absolute atomic E-state index is 0. The number of hydrogen-bond acceptors (Lipinski definition) is 0. The molecular weight excluding hydrogens is 196 g/mol. The van der Waals surface area contributed by atoms with Crippen molar-refractivity contribution in [2.24, 2.45) is 0 Å². The van der Waals surface area contributed by atoms with Crippen molar-refractivity contribution < 1.29 is 5.48 Å². The molecule has 0 saturated carbocycles. The number of rotatable bonds is 12. The minimum Gasteiger partial charge on any atom is -0.412 e. The van der Waals surface area contributed by atoms with Gasteiger partial charge in [0.2, 0.25) is 0 Å². The topological polar surface area (TPSA) is 31.5 Å². The largest absolute Gasteiger partial charge is 0.412 e. The molecule has 0 aliphatic rings. The van der Waals surface area contributed by atoms with Gasteiger partial charge < -0.3 is 5.48 Å². The average molecular weight is 229 g/mol. The predicted octanol–water partition coefficient (Wildman–Crippen LogP) is 5.09. The van der Waals surface area contributed by atoms with Crippen LogP contribution in [0, 0.1) is 6.92 Å². The van der Waals surface area contributed by atoms with Crippen LogP contribution in [0.25, 0.3) is 0 Å². The van der Waals surface area contributed by atoms with Crippen LogP contribution < -0.4 is 0 Å². The Balaban J connectivity index is 0. The maximum absolute atomic E-state index is 3.87. The molecule has 16 heavy (non-hydrogen) atoms. The Morgan fingerprint density at radius 1 is 0.562 bits per heavy atom. The highest BCUT2D eigenvalue weighted by atomic mass is 16.0. The van der Waals surface area contributed by atoms with E-state index in [0.29, 0.717) is 0 Å². The van der Waals surface area contributed by atoms with E-state index in [9.17, 15) is 0 Å². The van der Waals surface area contributed by atoms with Crippen molar-refractivity contribution in [3.8, 4) is 0 Å². The third-order valence-electron chi connectivity index (χ3n) is 3.10. The van der Waals surface area contributed by atoms with Gasteiger partial charge in [-0.1, -0.05) is 97.3 Å². The Morgan fingerprint density at radius 3 is 1.19 bits per heavy atom. The first-order chi connectivity index (χ1) is 7.41. The van der Waals surface area contributed by atoms with Crippen molar-refractivity contribution in [2.75, 3.05) is 0 Å². The van der Waals surface area contributed by atoms with E-state index in [1.807, 2.05) is 0 Å². The van der Waals surface area contributed by atoms with Crippen LogP contribution in [-0.4, -0.2) is 5.48 Å². The lowest BCUT2D eigenvalue weighted by Gasteiger charge is -2.01. The van der Waals surface area contributed by atoms with Crippen molar-refractivity contribution >= 4 is 0 Å². The Labute approximate surface area is 103 Å². The molecule has 0 amide bonds. The first kappa shape index (κ1) is 18.3. The number of hydrogen-bond donors (Lipinski definition) is 0. The van der Waals surface area contributed by atoms with Gasteiger partial charge in [-0.2, -0.15) is 0 Å². The summed E-state index contributed by atoms with van der Waals surface area (Å²) in [5, 5.41) is 0. The normalized spacial score (nSPS) is 10.1. The summed E-state index contributed by atoms with van der Waals surface area (Å²) >= 11 is 0. The molecule has 1 radical (unpaired) electrons. The van der Waals surface area contributed by atoms with E-state index >= 15 is 0 Å². The molecule has 0 aromatic rings. The van der Waals surface area contributed by atoms with Crippen molar-refractivity contribution in [3.63, 3.8) is 0 Å². The van der Waals surface area contributed by atoms with Gasteiger partial charge in [0.1, 0.15) is 0 Å². The van der Waals surface area contributed by atoms with E-state index in [1.54, 1.807) is 0 Å². The summed E-state index contributed by atoms with van der Waals surface area (Å²) in [5.41, 5.74) is 0. The quantitative estimate of drug-likeness (QED) is 0.418. The van der Waals surface area contributed by atoms with E-state index in [2.05, 4.69) is 13.8 Å². The van der Waals surface area contributed by atoms with Gasteiger partial charge >= 0.3 is 0 Å². The second-order valence-corrected chi connectivity index (χ2v) is 4.74. The lowest BCUT2D eigenvalue weighted by Crippen LogP contribution is -1.82. The molecule has 0 aromatic heterocycles. The van der Waals surface area contributed by atoms with Crippen molar-refractivity contribution in [2.45, 2.75) is 90.4 Å². The molecule has 0 rings (SSSR count). The molecule has 0 aromatic carbocycles. The minimum atomic E-state index is 0. The molecular formula is C15H33O. The van der Waals surface area contributed by atoms with Crippen molar-refractivity contribution in [1.29, 1.82) is 0 Å². The lowest BCUT2D eigenvalue weighted by atomic mass is 10.1. The fourth-order valence-electron chi connectivity index (χ4n) is 2.02. The van der Waals surface area contributed by atoms with Crippen LogP contribution in [0.3, 0.4) is 0 Å². The standard InChI is InChI=1S/C15H31.H2O/c1-3-5-7-9-11-13-15-14-12-10-8-6-4-2;/h1,3-15H2,2H3;1H2. The third-order valence-corrected chi connectivity index (χ3v) is 3.10. The van der Waals surface area contributed by atoms with E-state index in [4.69, 9.17) is 0 Å². The Hall–Kier alpha value is -0.0400. The van der Waals surface area contributed by atoms with Gasteiger partial charge in [-0.15, -0.1) is 0 Å². The van der Waals surface area contributed by atoms with Crippen LogP contribution in [-0.2, 0) is 0 Å². The Bertz CT molecular complexity index is 89.6. The predicted molar refractivity (Wildman–Crippen MR) is 74.7 cm³/mol. The maximum Gasteiger partial charge on any atom is -0.0533 e. The SMILES string of the molecule is O.[CH2]CCCCCCCCCCCCCC. The molecule has 0 heterocycles. The Kier molecular flexibility index (Phi) is 19.9. The Morgan fingerprint density at radius 2 is 0.875 bits per heavy atom. The molecule has 1 nitrogen and oxygen atoms in total. The van der Waals surface area contributed by atoms with E-state index in [-0.39, 0.29) is 5.48 Å². The fraction of sp³-hybridized carbons (Fsp3) is 0.933. The molecule has 0 aliphatic carbocycles. The first-order valence-corrected chi connectivity index (χ1v) is 7.21. The second-order valence-electron chi connectivity index (χ2n) is 4.74. The maximum atomic E-state index is 3.87. The van der Waals surface area contributed by atoms with Crippen LogP contribution in [0.5, 0.6) is 0 Å². The second kappa shape index (κ2) is 17.4. The van der Waals surface area contributed by atoms with Crippen LogP contribution in [0.15, 0.2) is 0 Å². The van der Waals surface area contributed by atoms with Crippen LogP contribution in [0.2, 0.25) is 0 Å². The number of unbranched alkanes of at least 4 members (excludes halogenated alkanes) is 12. The first-order valence-electron chi connectivity index (χ1n) is 7.21. The van der Waals surface area contributed by atoms with Crippen LogP contribution in [0.4, 0.5) is 0 Å². The molecule has 0 saturated heterocycles. The van der Waals surface area contributed by atoms with Gasteiger partial charge in [0.05, 0.1) is 0 Å². The van der Waals surface area contributed by atoms with Crippen LogP contribution in [0.1, 0.15) is 90.4 Å². The van der Waals surface area contributed by atoms with Gasteiger partial charge in [0.25, 0.3) is 0 Å². The van der Waals surface area contributed by atoms with E-state index < -0.39 is 0 Å². The summed E-state index contributed by atoms with van der Waals surface area (Å²) < 4.78 is 0. The van der Waals surface area contributed by atoms with E-state index in [0.717, 1.165) is 6.42 Å². The zero-order valence-corrected chi connectivity index (χ0v) is 11.4. The summed E-state index contributed by atoms with van der Waals surface area (Å²) in [4.78, 5) is 0. The molecule has 0 bridgehead atoms. The lowest BCUT2D eigenvalue weighted by molar-refractivity contribution is 0.545. The third kappa shape index (κ3) is 16.4. The molecule has 0 aliphatic heterocycles.